The van der Waals surface area contributed by atoms with Crippen LogP contribution in [0.1, 0.15) is 30.4 Å². The molecule has 2 rings (SSSR count). The van der Waals surface area contributed by atoms with Crippen LogP contribution in [0.15, 0.2) is 12.1 Å². The topological polar surface area (TPSA) is 33.3 Å². The highest BCUT2D eigenvalue weighted by Crippen LogP contribution is 2.27. The van der Waals surface area contributed by atoms with Gasteiger partial charge in [-0.3, -0.25) is 0 Å². The molecule has 1 aromatic carbocycles. The number of nitrogens with one attached hydrogen (secondary N) is 2. The zero-order valence-electron chi connectivity index (χ0n) is 12.4. The molecule has 3 heteroatoms. The summed E-state index contributed by atoms with van der Waals surface area (Å²) >= 11 is 0. The number of benzene rings is 1. The van der Waals surface area contributed by atoms with Gasteiger partial charge >= 0.3 is 0 Å². The normalized spacial score (nSPS) is 16.4. The van der Waals surface area contributed by atoms with Crippen LogP contribution in [-0.4, -0.2) is 26.7 Å². The van der Waals surface area contributed by atoms with Crippen LogP contribution in [0.2, 0.25) is 0 Å². The second-order valence-electron chi connectivity index (χ2n) is 5.47. The zero-order chi connectivity index (χ0) is 13.7. The van der Waals surface area contributed by atoms with Gasteiger partial charge in [-0.1, -0.05) is 0 Å². The van der Waals surface area contributed by atoms with Gasteiger partial charge in [0.15, 0.2) is 0 Å². The Kier molecular flexibility index (Phi) is 5.08. The molecule has 0 saturated carbocycles. The minimum atomic E-state index is 0.883. The number of hydrogen-bond donors (Lipinski definition) is 2. The molecule has 0 amide bonds. The van der Waals surface area contributed by atoms with Crippen molar-refractivity contribution in [3.8, 4) is 5.75 Å². The van der Waals surface area contributed by atoms with E-state index in [0.29, 0.717) is 0 Å². The molecular weight excluding hydrogens is 236 g/mol. The maximum Gasteiger partial charge on any atom is 0.122 e. The second-order valence-corrected chi connectivity index (χ2v) is 5.47. The van der Waals surface area contributed by atoms with Crippen molar-refractivity contribution < 1.29 is 4.74 Å². The third-order valence-corrected chi connectivity index (χ3v) is 4.28. The standard InChI is InChI=1S/C16H26N2O/c1-12-13(2)16(19-3)5-4-15(12)18-11-8-14-6-9-17-10-7-14/h4-5,14,17-18H,6-11H2,1-3H3. The van der Waals surface area contributed by atoms with E-state index in [0.717, 1.165) is 18.2 Å². The molecule has 2 N–H and O–H groups in total. The highest BCUT2D eigenvalue weighted by molar-refractivity contribution is 5.58. The van der Waals surface area contributed by atoms with Crippen LogP contribution in [0, 0.1) is 19.8 Å². The minimum absolute atomic E-state index is 0.883. The predicted molar refractivity (Wildman–Crippen MR) is 81.2 cm³/mol. The van der Waals surface area contributed by atoms with Crippen LogP contribution in [0.5, 0.6) is 5.75 Å². The summed E-state index contributed by atoms with van der Waals surface area (Å²) in [6.07, 6.45) is 3.91. The molecule has 1 heterocycles. The van der Waals surface area contributed by atoms with Gasteiger partial charge in [-0.2, -0.15) is 0 Å². The van der Waals surface area contributed by atoms with E-state index >= 15 is 0 Å². The fourth-order valence-corrected chi connectivity index (χ4v) is 2.79. The number of rotatable bonds is 5. The maximum absolute atomic E-state index is 5.35. The molecule has 0 spiro atoms. The summed E-state index contributed by atoms with van der Waals surface area (Å²) in [6, 6.07) is 4.18. The average Bonchev–Trinajstić information content (AvgIpc) is 2.45. The summed E-state index contributed by atoms with van der Waals surface area (Å²) in [5, 5.41) is 6.99. The molecule has 0 atom stereocenters. The Hall–Kier alpha value is -1.22. The summed E-state index contributed by atoms with van der Waals surface area (Å²) < 4.78 is 5.35. The first-order valence-electron chi connectivity index (χ1n) is 7.31. The number of hydrogen-bond acceptors (Lipinski definition) is 3. The lowest BCUT2D eigenvalue weighted by molar-refractivity contribution is 0.361. The van der Waals surface area contributed by atoms with Crippen molar-refractivity contribution in [2.45, 2.75) is 33.1 Å². The molecule has 1 aromatic rings. The monoisotopic (exact) mass is 262 g/mol. The van der Waals surface area contributed by atoms with Gasteiger partial charge in [-0.25, -0.2) is 0 Å². The molecular formula is C16H26N2O. The molecule has 0 unspecified atom stereocenters. The Morgan fingerprint density at radius 1 is 1.21 bits per heavy atom. The van der Waals surface area contributed by atoms with Crippen molar-refractivity contribution in [3.05, 3.63) is 23.3 Å². The Morgan fingerprint density at radius 2 is 1.95 bits per heavy atom. The SMILES string of the molecule is COc1ccc(NCCC2CCNCC2)c(C)c1C. The first-order valence-corrected chi connectivity index (χ1v) is 7.31. The quantitative estimate of drug-likeness (QED) is 0.855. The fourth-order valence-electron chi connectivity index (χ4n) is 2.79. The average molecular weight is 262 g/mol. The van der Waals surface area contributed by atoms with E-state index in [1.807, 2.05) is 0 Å². The van der Waals surface area contributed by atoms with E-state index in [4.69, 9.17) is 4.74 Å². The van der Waals surface area contributed by atoms with Crippen molar-refractivity contribution in [2.75, 3.05) is 32.1 Å². The van der Waals surface area contributed by atoms with E-state index in [9.17, 15) is 0 Å². The van der Waals surface area contributed by atoms with Crippen molar-refractivity contribution in [2.24, 2.45) is 5.92 Å². The van der Waals surface area contributed by atoms with E-state index in [2.05, 4.69) is 36.6 Å². The Labute approximate surface area is 116 Å². The third-order valence-electron chi connectivity index (χ3n) is 4.28. The van der Waals surface area contributed by atoms with E-state index in [-0.39, 0.29) is 0 Å². The van der Waals surface area contributed by atoms with Gasteiger partial charge in [0, 0.05) is 12.2 Å². The maximum atomic E-state index is 5.35. The van der Waals surface area contributed by atoms with Crippen LogP contribution in [0.4, 0.5) is 5.69 Å². The van der Waals surface area contributed by atoms with Crippen molar-refractivity contribution in [1.29, 1.82) is 0 Å². The molecule has 106 valence electrons. The lowest BCUT2D eigenvalue weighted by atomic mass is 9.94. The molecule has 19 heavy (non-hydrogen) atoms. The lowest BCUT2D eigenvalue weighted by Gasteiger charge is -2.23. The van der Waals surface area contributed by atoms with E-state index in [1.54, 1.807) is 7.11 Å². The van der Waals surface area contributed by atoms with Gasteiger partial charge in [0.1, 0.15) is 5.75 Å². The number of ether oxygens (including phenoxy) is 1. The Balaban J connectivity index is 1.87. The number of anilines is 1. The Bertz CT molecular complexity index is 411. The molecule has 0 aliphatic carbocycles. The van der Waals surface area contributed by atoms with Crippen molar-refractivity contribution >= 4 is 5.69 Å². The predicted octanol–water partition coefficient (Wildman–Crippen LogP) is 3.11. The largest absolute Gasteiger partial charge is 0.496 e. The highest BCUT2D eigenvalue weighted by atomic mass is 16.5. The zero-order valence-corrected chi connectivity index (χ0v) is 12.4. The van der Waals surface area contributed by atoms with Gasteiger partial charge in [0.2, 0.25) is 0 Å². The molecule has 3 nitrogen and oxygen atoms in total. The van der Waals surface area contributed by atoms with Crippen LogP contribution in [-0.2, 0) is 0 Å². The fraction of sp³-hybridized carbons (Fsp3) is 0.625. The summed E-state index contributed by atoms with van der Waals surface area (Å²) in [4.78, 5) is 0. The van der Waals surface area contributed by atoms with Crippen LogP contribution < -0.4 is 15.4 Å². The smallest absolute Gasteiger partial charge is 0.122 e. The second kappa shape index (κ2) is 6.80. The van der Waals surface area contributed by atoms with Gasteiger partial charge in [-0.15, -0.1) is 0 Å². The summed E-state index contributed by atoms with van der Waals surface area (Å²) in [6.45, 7) is 7.71. The highest BCUT2D eigenvalue weighted by Gasteiger charge is 2.12. The minimum Gasteiger partial charge on any atom is -0.496 e. The summed E-state index contributed by atoms with van der Waals surface area (Å²) in [5.41, 5.74) is 3.77. The molecule has 0 aromatic heterocycles. The molecule has 1 fully saturated rings. The molecule has 0 radical (unpaired) electrons. The molecule has 0 bridgehead atoms. The molecule has 1 aliphatic heterocycles. The lowest BCUT2D eigenvalue weighted by Crippen LogP contribution is -2.28. The van der Waals surface area contributed by atoms with E-state index in [1.165, 1.54) is 49.2 Å². The van der Waals surface area contributed by atoms with Crippen LogP contribution >= 0.6 is 0 Å². The first kappa shape index (κ1) is 14.2. The van der Waals surface area contributed by atoms with Crippen LogP contribution in [0.3, 0.4) is 0 Å². The molecule has 1 saturated heterocycles. The molecule has 1 aliphatic rings. The van der Waals surface area contributed by atoms with Gasteiger partial charge < -0.3 is 15.4 Å². The van der Waals surface area contributed by atoms with Gasteiger partial charge in [0.25, 0.3) is 0 Å². The third kappa shape index (κ3) is 3.63. The first-order chi connectivity index (χ1) is 9.22. The number of methoxy groups -OCH3 is 1. The summed E-state index contributed by atoms with van der Waals surface area (Å²) in [7, 11) is 1.73. The van der Waals surface area contributed by atoms with Crippen LogP contribution in [0.25, 0.3) is 0 Å². The van der Waals surface area contributed by atoms with E-state index < -0.39 is 0 Å². The van der Waals surface area contributed by atoms with Gasteiger partial charge in [0.05, 0.1) is 7.11 Å². The number of piperidine rings is 1. The van der Waals surface area contributed by atoms with Crippen molar-refractivity contribution in [3.63, 3.8) is 0 Å². The summed E-state index contributed by atoms with van der Waals surface area (Å²) in [5.74, 6) is 1.86. The van der Waals surface area contributed by atoms with Crippen molar-refractivity contribution in [1.82, 2.24) is 5.32 Å². The van der Waals surface area contributed by atoms with Gasteiger partial charge in [-0.05, 0) is 75.4 Å². The Morgan fingerprint density at radius 3 is 2.63 bits per heavy atom.